The molecule has 0 aliphatic carbocycles. The van der Waals surface area contributed by atoms with Gasteiger partial charge in [0.1, 0.15) is 11.4 Å². The largest absolute Gasteiger partial charge is 0.383 e. The van der Waals surface area contributed by atoms with Gasteiger partial charge in [-0.15, -0.1) is 0 Å². The zero-order valence-electron chi connectivity index (χ0n) is 15.4. The fourth-order valence-electron chi connectivity index (χ4n) is 2.91. The maximum absolute atomic E-state index is 12.5. The SMILES string of the molecule is Cc1cc(Cl)ccc1-n1ncc(C(=O)NCC(C)(C)CN(C)C)c1N. The van der Waals surface area contributed by atoms with Crippen molar-refractivity contribution < 1.29 is 4.79 Å². The third-order valence-electron chi connectivity index (χ3n) is 3.91. The van der Waals surface area contributed by atoms with Gasteiger partial charge in [0.2, 0.25) is 0 Å². The number of nitrogen functional groups attached to an aromatic ring is 1. The van der Waals surface area contributed by atoms with Crippen LogP contribution in [-0.2, 0) is 0 Å². The Morgan fingerprint density at radius 2 is 2.08 bits per heavy atom. The van der Waals surface area contributed by atoms with Crippen LogP contribution in [0.15, 0.2) is 24.4 Å². The summed E-state index contributed by atoms with van der Waals surface area (Å²) in [7, 11) is 4.03. The van der Waals surface area contributed by atoms with Crippen LogP contribution in [0.2, 0.25) is 5.02 Å². The summed E-state index contributed by atoms with van der Waals surface area (Å²) in [6, 6.07) is 5.44. The molecule has 0 radical (unpaired) electrons. The average Bonchev–Trinajstić information content (AvgIpc) is 2.85. The number of anilines is 1. The number of aryl methyl sites for hydroxylation is 1. The Kier molecular flexibility index (Phi) is 5.75. The van der Waals surface area contributed by atoms with E-state index in [-0.39, 0.29) is 11.3 Å². The number of hydrogen-bond donors (Lipinski definition) is 2. The molecule has 0 unspecified atom stereocenters. The summed E-state index contributed by atoms with van der Waals surface area (Å²) < 4.78 is 1.56. The zero-order chi connectivity index (χ0) is 18.8. The normalized spacial score (nSPS) is 11.8. The van der Waals surface area contributed by atoms with Crippen LogP contribution < -0.4 is 11.1 Å². The Morgan fingerprint density at radius 1 is 1.40 bits per heavy atom. The maximum atomic E-state index is 12.5. The molecule has 136 valence electrons. The minimum absolute atomic E-state index is 0.0450. The first kappa shape index (κ1) is 19.3. The Labute approximate surface area is 153 Å². The molecule has 1 aromatic carbocycles. The molecule has 2 aromatic rings. The molecule has 0 fully saturated rings. The molecule has 6 nitrogen and oxygen atoms in total. The lowest BCUT2D eigenvalue weighted by atomic mass is 9.93. The van der Waals surface area contributed by atoms with E-state index >= 15 is 0 Å². The van der Waals surface area contributed by atoms with E-state index in [9.17, 15) is 4.79 Å². The van der Waals surface area contributed by atoms with E-state index in [4.69, 9.17) is 17.3 Å². The van der Waals surface area contributed by atoms with E-state index in [1.165, 1.54) is 6.20 Å². The van der Waals surface area contributed by atoms with Crippen molar-refractivity contribution >= 4 is 23.3 Å². The van der Waals surface area contributed by atoms with E-state index < -0.39 is 0 Å². The predicted octanol–water partition coefficient (Wildman–Crippen LogP) is 2.73. The molecule has 1 heterocycles. The van der Waals surface area contributed by atoms with Gasteiger partial charge < -0.3 is 16.0 Å². The van der Waals surface area contributed by atoms with Crippen LogP contribution in [0, 0.1) is 12.3 Å². The molecular weight excluding hydrogens is 338 g/mol. The van der Waals surface area contributed by atoms with Gasteiger partial charge in [0.15, 0.2) is 0 Å². The van der Waals surface area contributed by atoms with Crippen LogP contribution in [0.4, 0.5) is 5.82 Å². The highest BCUT2D eigenvalue weighted by molar-refractivity contribution is 6.30. The van der Waals surface area contributed by atoms with Crippen molar-refractivity contribution in [3.8, 4) is 5.69 Å². The summed E-state index contributed by atoms with van der Waals surface area (Å²) in [5.74, 6) is 0.0931. The Balaban J connectivity index is 2.16. The van der Waals surface area contributed by atoms with Crippen molar-refractivity contribution in [1.82, 2.24) is 20.0 Å². The third kappa shape index (κ3) is 4.74. The van der Waals surface area contributed by atoms with E-state index in [1.54, 1.807) is 10.7 Å². The summed E-state index contributed by atoms with van der Waals surface area (Å²) in [6.45, 7) is 7.56. The van der Waals surface area contributed by atoms with Crippen LogP contribution in [0.5, 0.6) is 0 Å². The second-order valence-corrected chi connectivity index (χ2v) is 7.81. The molecule has 0 bridgehead atoms. The van der Waals surface area contributed by atoms with E-state index in [0.717, 1.165) is 17.8 Å². The lowest BCUT2D eigenvalue weighted by Crippen LogP contribution is -2.40. The Morgan fingerprint density at radius 3 is 2.68 bits per heavy atom. The molecule has 2 rings (SSSR count). The van der Waals surface area contributed by atoms with E-state index in [2.05, 4.69) is 29.2 Å². The minimum Gasteiger partial charge on any atom is -0.383 e. The predicted molar refractivity (Wildman–Crippen MR) is 102 cm³/mol. The molecule has 3 N–H and O–H groups in total. The molecule has 0 spiro atoms. The highest BCUT2D eigenvalue weighted by Gasteiger charge is 2.22. The van der Waals surface area contributed by atoms with Gasteiger partial charge in [0.05, 0.1) is 11.9 Å². The average molecular weight is 364 g/mol. The summed E-state index contributed by atoms with van der Waals surface area (Å²) in [5.41, 5.74) is 8.22. The van der Waals surface area contributed by atoms with Gasteiger partial charge in [-0.3, -0.25) is 4.79 Å². The lowest BCUT2D eigenvalue weighted by Gasteiger charge is -2.28. The van der Waals surface area contributed by atoms with E-state index in [0.29, 0.717) is 22.9 Å². The number of benzene rings is 1. The van der Waals surface area contributed by atoms with Crippen molar-refractivity contribution in [3.63, 3.8) is 0 Å². The monoisotopic (exact) mass is 363 g/mol. The summed E-state index contributed by atoms with van der Waals surface area (Å²) in [5, 5.41) is 7.87. The van der Waals surface area contributed by atoms with Gasteiger partial charge >= 0.3 is 0 Å². The number of carbonyl (C=O) groups excluding carboxylic acids is 1. The van der Waals surface area contributed by atoms with Gasteiger partial charge in [0, 0.05) is 18.1 Å². The van der Waals surface area contributed by atoms with Crippen LogP contribution in [0.25, 0.3) is 5.69 Å². The number of rotatable bonds is 6. The van der Waals surface area contributed by atoms with Crippen molar-refractivity contribution in [3.05, 3.63) is 40.5 Å². The highest BCUT2D eigenvalue weighted by Crippen LogP contribution is 2.23. The van der Waals surface area contributed by atoms with E-state index in [1.807, 2.05) is 33.2 Å². The molecular formula is C18H26ClN5O. The summed E-state index contributed by atoms with van der Waals surface area (Å²) >= 11 is 5.99. The maximum Gasteiger partial charge on any atom is 0.256 e. The number of carbonyl (C=O) groups is 1. The first-order chi connectivity index (χ1) is 11.6. The molecule has 0 aliphatic rings. The lowest BCUT2D eigenvalue weighted by molar-refractivity contribution is 0.0930. The van der Waals surface area contributed by atoms with Crippen LogP contribution >= 0.6 is 11.6 Å². The molecule has 0 saturated heterocycles. The number of nitrogens with one attached hydrogen (secondary N) is 1. The third-order valence-corrected chi connectivity index (χ3v) is 4.14. The molecule has 1 amide bonds. The number of aromatic nitrogens is 2. The number of nitrogens with zero attached hydrogens (tertiary/aromatic N) is 3. The van der Waals surface area contributed by atoms with Crippen molar-refractivity contribution in [2.24, 2.45) is 5.41 Å². The highest BCUT2D eigenvalue weighted by atomic mass is 35.5. The fraction of sp³-hybridized carbons (Fsp3) is 0.444. The second kappa shape index (κ2) is 7.45. The molecule has 1 aromatic heterocycles. The summed E-state index contributed by atoms with van der Waals surface area (Å²) in [4.78, 5) is 14.6. The topological polar surface area (TPSA) is 76.2 Å². The van der Waals surface area contributed by atoms with Gasteiger partial charge in [0.25, 0.3) is 5.91 Å². The quantitative estimate of drug-likeness (QED) is 0.827. The first-order valence-corrected chi connectivity index (χ1v) is 8.51. The zero-order valence-corrected chi connectivity index (χ0v) is 16.2. The number of amides is 1. The minimum atomic E-state index is -0.220. The molecule has 0 aliphatic heterocycles. The van der Waals surface area contributed by atoms with Gasteiger partial charge in [-0.05, 0) is 50.2 Å². The number of halogens is 1. The van der Waals surface area contributed by atoms with Crippen LogP contribution in [0.3, 0.4) is 0 Å². The van der Waals surface area contributed by atoms with Gasteiger partial charge in [-0.2, -0.15) is 5.10 Å². The molecule has 0 atom stereocenters. The van der Waals surface area contributed by atoms with Crippen molar-refractivity contribution in [1.29, 1.82) is 0 Å². The standard InChI is InChI=1S/C18H26ClN5O/c1-12-8-13(19)6-7-15(12)24-16(20)14(9-22-24)17(25)21-10-18(2,3)11-23(4)5/h6-9H,10-11,20H2,1-5H3,(H,21,25). The molecule has 25 heavy (non-hydrogen) atoms. The summed E-state index contributed by atoms with van der Waals surface area (Å²) in [6.07, 6.45) is 1.50. The number of nitrogens with two attached hydrogens (primary N) is 1. The fourth-order valence-corrected chi connectivity index (χ4v) is 3.13. The van der Waals surface area contributed by atoms with Gasteiger partial charge in [-0.25, -0.2) is 4.68 Å². The van der Waals surface area contributed by atoms with Crippen LogP contribution in [0.1, 0.15) is 29.8 Å². The molecule has 7 heteroatoms. The first-order valence-electron chi connectivity index (χ1n) is 8.14. The van der Waals surface area contributed by atoms with Crippen molar-refractivity contribution in [2.75, 3.05) is 32.9 Å². The smallest absolute Gasteiger partial charge is 0.256 e. The number of hydrogen-bond acceptors (Lipinski definition) is 4. The Bertz CT molecular complexity index is 767. The molecule has 0 saturated carbocycles. The second-order valence-electron chi connectivity index (χ2n) is 7.37. The Hall–Kier alpha value is -2.05. The van der Waals surface area contributed by atoms with Crippen LogP contribution in [-0.4, -0.2) is 47.8 Å². The van der Waals surface area contributed by atoms with Gasteiger partial charge in [-0.1, -0.05) is 25.4 Å². The van der Waals surface area contributed by atoms with Crippen molar-refractivity contribution in [2.45, 2.75) is 20.8 Å².